The van der Waals surface area contributed by atoms with Crippen molar-refractivity contribution in [3.63, 3.8) is 0 Å². The van der Waals surface area contributed by atoms with E-state index in [2.05, 4.69) is 45.5 Å². The van der Waals surface area contributed by atoms with E-state index in [1.54, 1.807) is 0 Å². The van der Waals surface area contributed by atoms with Crippen LogP contribution in [0.3, 0.4) is 0 Å². The van der Waals surface area contributed by atoms with Gasteiger partial charge in [-0.1, -0.05) is 28.1 Å². The first-order valence-corrected chi connectivity index (χ1v) is 5.92. The largest absolute Gasteiger partial charge is 0.319 e. The van der Waals surface area contributed by atoms with Gasteiger partial charge in [0.1, 0.15) is 0 Å². The van der Waals surface area contributed by atoms with Gasteiger partial charge in [0.05, 0.1) is 0 Å². The van der Waals surface area contributed by atoms with Gasteiger partial charge in [-0.3, -0.25) is 0 Å². The maximum Gasteiger partial charge on any atom is 0.0177 e. The van der Waals surface area contributed by atoms with E-state index in [0.29, 0.717) is 5.41 Å². The molecule has 1 fully saturated rings. The van der Waals surface area contributed by atoms with E-state index >= 15 is 0 Å². The molecule has 76 valence electrons. The normalized spacial score (nSPS) is 18.1. The minimum atomic E-state index is 0.565. The summed E-state index contributed by atoms with van der Waals surface area (Å²) in [6.45, 7) is 1.15. The fraction of sp³-hybridized carbons (Fsp3) is 0.500. The fourth-order valence-corrected chi connectivity index (χ4v) is 2.49. The van der Waals surface area contributed by atoms with E-state index in [1.807, 2.05) is 7.05 Å². The summed E-state index contributed by atoms with van der Waals surface area (Å²) in [5.74, 6) is 0. The van der Waals surface area contributed by atoms with Crippen molar-refractivity contribution in [2.45, 2.75) is 19.3 Å². The second-order valence-electron chi connectivity index (χ2n) is 4.34. The van der Waals surface area contributed by atoms with Crippen LogP contribution in [-0.2, 0) is 6.42 Å². The van der Waals surface area contributed by atoms with Crippen molar-refractivity contribution in [3.8, 4) is 0 Å². The van der Waals surface area contributed by atoms with Crippen LogP contribution in [0.5, 0.6) is 0 Å². The molecule has 0 heterocycles. The molecule has 1 aliphatic rings. The third-order valence-electron chi connectivity index (χ3n) is 2.98. The summed E-state index contributed by atoms with van der Waals surface area (Å²) in [5, 5.41) is 3.29. The molecule has 1 aliphatic carbocycles. The van der Waals surface area contributed by atoms with Crippen molar-refractivity contribution in [2.75, 3.05) is 13.6 Å². The van der Waals surface area contributed by atoms with Crippen LogP contribution in [-0.4, -0.2) is 13.6 Å². The molecule has 0 unspecified atom stereocenters. The third-order valence-corrected chi connectivity index (χ3v) is 3.47. The Morgan fingerprint density at radius 3 is 2.79 bits per heavy atom. The zero-order chi connectivity index (χ0) is 10.0. The topological polar surface area (TPSA) is 12.0 Å². The molecular weight excluding hydrogens is 238 g/mol. The molecular formula is C12H16BrN. The van der Waals surface area contributed by atoms with Crippen LogP contribution in [0.25, 0.3) is 0 Å². The second kappa shape index (κ2) is 4.03. The highest BCUT2D eigenvalue weighted by Gasteiger charge is 2.41. The van der Waals surface area contributed by atoms with E-state index in [0.717, 1.165) is 6.54 Å². The molecule has 1 N–H and O–H groups in total. The van der Waals surface area contributed by atoms with E-state index in [9.17, 15) is 0 Å². The van der Waals surface area contributed by atoms with Crippen LogP contribution >= 0.6 is 15.9 Å². The molecule has 1 aromatic rings. The van der Waals surface area contributed by atoms with E-state index in [-0.39, 0.29) is 0 Å². The van der Waals surface area contributed by atoms with Crippen LogP contribution in [0, 0.1) is 5.41 Å². The molecule has 0 aromatic heterocycles. The zero-order valence-corrected chi connectivity index (χ0v) is 10.1. The predicted molar refractivity (Wildman–Crippen MR) is 63.4 cm³/mol. The number of halogens is 1. The molecule has 1 aromatic carbocycles. The van der Waals surface area contributed by atoms with Crippen LogP contribution in [0.4, 0.5) is 0 Å². The molecule has 0 saturated heterocycles. The van der Waals surface area contributed by atoms with Crippen LogP contribution in [0.15, 0.2) is 28.7 Å². The number of benzene rings is 1. The maximum absolute atomic E-state index is 3.51. The molecule has 0 aliphatic heterocycles. The average molecular weight is 254 g/mol. The molecule has 0 atom stereocenters. The van der Waals surface area contributed by atoms with Crippen molar-refractivity contribution < 1.29 is 0 Å². The number of nitrogens with one attached hydrogen (secondary N) is 1. The van der Waals surface area contributed by atoms with Gasteiger partial charge in [-0.2, -0.15) is 0 Å². The van der Waals surface area contributed by atoms with Crippen molar-refractivity contribution in [1.82, 2.24) is 5.32 Å². The molecule has 2 rings (SSSR count). The van der Waals surface area contributed by atoms with Gasteiger partial charge < -0.3 is 5.32 Å². The van der Waals surface area contributed by atoms with E-state index < -0.39 is 0 Å². The lowest BCUT2D eigenvalue weighted by Crippen LogP contribution is -2.21. The van der Waals surface area contributed by atoms with Gasteiger partial charge in [-0.05, 0) is 49.4 Å². The molecule has 1 saturated carbocycles. The Bertz CT molecular complexity index is 318. The SMILES string of the molecule is CNCC1(Cc2cccc(Br)c2)CC1. The summed E-state index contributed by atoms with van der Waals surface area (Å²) in [7, 11) is 2.04. The van der Waals surface area contributed by atoms with E-state index in [1.165, 1.54) is 29.3 Å². The van der Waals surface area contributed by atoms with Crippen LogP contribution in [0.2, 0.25) is 0 Å². The smallest absolute Gasteiger partial charge is 0.0177 e. The minimum absolute atomic E-state index is 0.565. The van der Waals surface area contributed by atoms with Crippen molar-refractivity contribution in [2.24, 2.45) is 5.41 Å². The monoisotopic (exact) mass is 253 g/mol. The Morgan fingerprint density at radius 2 is 2.21 bits per heavy atom. The summed E-state index contributed by atoms with van der Waals surface area (Å²) < 4.78 is 1.19. The predicted octanol–water partition coefficient (Wildman–Crippen LogP) is 2.99. The average Bonchev–Trinajstić information content (AvgIpc) is 2.85. The third kappa shape index (κ3) is 2.37. The Kier molecular flexibility index (Phi) is 2.93. The first-order valence-electron chi connectivity index (χ1n) is 5.13. The van der Waals surface area contributed by atoms with Gasteiger partial charge in [0.25, 0.3) is 0 Å². The molecule has 0 radical (unpaired) electrons. The summed E-state index contributed by atoms with van der Waals surface area (Å²) in [5.41, 5.74) is 2.02. The quantitative estimate of drug-likeness (QED) is 0.871. The highest BCUT2D eigenvalue weighted by Crippen LogP contribution is 2.47. The molecule has 0 amide bonds. The Morgan fingerprint density at radius 1 is 1.43 bits per heavy atom. The zero-order valence-electron chi connectivity index (χ0n) is 8.52. The lowest BCUT2D eigenvalue weighted by Gasteiger charge is -2.14. The van der Waals surface area contributed by atoms with Crippen LogP contribution in [0.1, 0.15) is 18.4 Å². The fourth-order valence-electron chi connectivity index (χ4n) is 2.05. The number of hydrogen-bond acceptors (Lipinski definition) is 1. The van der Waals surface area contributed by atoms with Gasteiger partial charge >= 0.3 is 0 Å². The first kappa shape index (κ1) is 10.2. The highest BCUT2D eigenvalue weighted by molar-refractivity contribution is 9.10. The number of hydrogen-bond donors (Lipinski definition) is 1. The summed E-state index contributed by atoms with van der Waals surface area (Å²) in [4.78, 5) is 0. The van der Waals surface area contributed by atoms with E-state index in [4.69, 9.17) is 0 Å². The molecule has 0 spiro atoms. The number of rotatable bonds is 4. The summed E-state index contributed by atoms with van der Waals surface area (Å²) in [6.07, 6.45) is 3.97. The van der Waals surface area contributed by atoms with Crippen LogP contribution < -0.4 is 5.32 Å². The van der Waals surface area contributed by atoms with Gasteiger partial charge in [0.2, 0.25) is 0 Å². The lowest BCUT2D eigenvalue weighted by molar-refractivity contribution is 0.478. The van der Waals surface area contributed by atoms with Crippen molar-refractivity contribution in [1.29, 1.82) is 0 Å². The Labute approximate surface area is 94.0 Å². The van der Waals surface area contributed by atoms with Gasteiger partial charge in [-0.25, -0.2) is 0 Å². The molecule has 1 nitrogen and oxygen atoms in total. The molecule has 14 heavy (non-hydrogen) atoms. The van der Waals surface area contributed by atoms with Gasteiger partial charge in [0, 0.05) is 11.0 Å². The molecule has 2 heteroatoms. The van der Waals surface area contributed by atoms with Gasteiger partial charge in [-0.15, -0.1) is 0 Å². The minimum Gasteiger partial charge on any atom is -0.319 e. The Balaban J connectivity index is 2.03. The summed E-state index contributed by atoms with van der Waals surface area (Å²) >= 11 is 3.51. The maximum atomic E-state index is 3.51. The first-order chi connectivity index (χ1) is 6.74. The lowest BCUT2D eigenvalue weighted by atomic mass is 9.96. The molecule has 0 bridgehead atoms. The van der Waals surface area contributed by atoms with Crippen molar-refractivity contribution in [3.05, 3.63) is 34.3 Å². The Hall–Kier alpha value is -0.340. The highest BCUT2D eigenvalue weighted by atomic mass is 79.9. The second-order valence-corrected chi connectivity index (χ2v) is 5.25. The standard InChI is InChI=1S/C12H16BrN/c1-14-9-12(5-6-12)8-10-3-2-4-11(13)7-10/h2-4,7,14H,5-6,8-9H2,1H3. The van der Waals surface area contributed by atoms with Crippen molar-refractivity contribution >= 4 is 15.9 Å². The van der Waals surface area contributed by atoms with Gasteiger partial charge in [0.15, 0.2) is 0 Å². The summed E-state index contributed by atoms with van der Waals surface area (Å²) in [6, 6.07) is 8.66.